The highest BCUT2D eigenvalue weighted by Crippen LogP contribution is 2.33. The molecule has 1 atom stereocenters. The Morgan fingerprint density at radius 1 is 1.10 bits per heavy atom. The second-order valence-corrected chi connectivity index (χ2v) is 9.55. The molecule has 2 aliphatic heterocycles. The number of carbonyl (C=O) groups is 1. The van der Waals surface area contributed by atoms with Crippen LogP contribution in [0.4, 0.5) is 28.9 Å². The van der Waals surface area contributed by atoms with Crippen LogP contribution in [0.3, 0.4) is 0 Å². The summed E-state index contributed by atoms with van der Waals surface area (Å²) in [5.74, 6) is 4.98. The quantitative estimate of drug-likeness (QED) is 0.358. The van der Waals surface area contributed by atoms with Crippen molar-refractivity contribution in [1.29, 1.82) is 0 Å². The molecule has 0 bridgehead atoms. The van der Waals surface area contributed by atoms with Crippen LogP contribution in [0.15, 0.2) is 42.7 Å². The molecule has 3 aromatic rings. The number of hydrogen-bond donors (Lipinski definition) is 1. The van der Waals surface area contributed by atoms with Crippen molar-refractivity contribution < 1.29 is 31.8 Å². The summed E-state index contributed by atoms with van der Waals surface area (Å²) in [7, 11) is 0. The third-order valence-electron chi connectivity index (χ3n) is 6.73. The molecular weight excluding hydrogens is 528 g/mol. The van der Waals surface area contributed by atoms with Gasteiger partial charge in [0.2, 0.25) is 0 Å². The zero-order valence-electron chi connectivity index (χ0n) is 21.6. The fourth-order valence-corrected chi connectivity index (χ4v) is 4.56. The standard InChI is InChI=1S/C29H26F4N4O3/c1-18-12-23(30)25(36-28(38)20-4-6-34-27(14-20)29(31,32)33)15-22(18)21-13-26(37-7-10-39-11-8-37)24(35-16-21)3-2-19-5-9-40-17-19/h4,6,12-16,19H,5,7-11,17H2,1H3,(H,36,38). The number of pyridine rings is 2. The third kappa shape index (κ3) is 6.24. The molecular formula is C29H26F4N4O3. The van der Waals surface area contributed by atoms with Crippen LogP contribution in [-0.2, 0) is 15.7 Å². The van der Waals surface area contributed by atoms with E-state index < -0.39 is 23.6 Å². The number of aryl methyl sites for hydroxylation is 1. The first kappa shape index (κ1) is 27.6. The Labute approximate surface area is 228 Å². The molecule has 11 heteroatoms. The molecule has 40 heavy (non-hydrogen) atoms. The summed E-state index contributed by atoms with van der Waals surface area (Å²) in [6.07, 6.45) is -1.31. The van der Waals surface area contributed by atoms with Gasteiger partial charge in [-0.25, -0.2) is 9.37 Å². The summed E-state index contributed by atoms with van der Waals surface area (Å²) in [6, 6.07) is 6.40. The molecule has 2 saturated heterocycles. The van der Waals surface area contributed by atoms with Crippen LogP contribution in [-0.4, -0.2) is 55.4 Å². The van der Waals surface area contributed by atoms with E-state index in [1.54, 1.807) is 13.1 Å². The number of hydrogen-bond acceptors (Lipinski definition) is 6. The molecule has 0 aliphatic carbocycles. The molecule has 0 radical (unpaired) electrons. The van der Waals surface area contributed by atoms with Crippen LogP contribution in [0.1, 0.15) is 33.7 Å². The lowest BCUT2D eigenvalue weighted by atomic mass is 9.99. The number of anilines is 2. The normalized spacial score (nSPS) is 17.3. The number of ether oxygens (including phenoxy) is 2. The average molecular weight is 555 g/mol. The molecule has 1 aromatic carbocycles. The number of morpholine rings is 1. The molecule has 1 unspecified atom stereocenters. The smallest absolute Gasteiger partial charge is 0.380 e. The van der Waals surface area contributed by atoms with Crippen molar-refractivity contribution >= 4 is 17.3 Å². The molecule has 2 fully saturated rings. The minimum Gasteiger partial charge on any atom is -0.380 e. The average Bonchev–Trinajstić information content (AvgIpc) is 3.47. The maximum Gasteiger partial charge on any atom is 0.433 e. The fourth-order valence-electron chi connectivity index (χ4n) is 4.56. The Hall–Kier alpha value is -4.01. The van der Waals surface area contributed by atoms with Gasteiger partial charge < -0.3 is 19.7 Å². The molecule has 1 N–H and O–H groups in total. The highest BCUT2D eigenvalue weighted by atomic mass is 19.4. The molecule has 0 saturated carbocycles. The van der Waals surface area contributed by atoms with Crippen molar-refractivity contribution in [3.63, 3.8) is 0 Å². The SMILES string of the molecule is Cc1cc(F)c(NC(=O)c2ccnc(C(F)(F)F)c2)cc1-c1cnc(C#CC2CCOC2)c(N2CCOCC2)c1. The predicted molar refractivity (Wildman–Crippen MR) is 140 cm³/mol. The molecule has 0 spiro atoms. The first-order chi connectivity index (χ1) is 19.2. The lowest BCUT2D eigenvalue weighted by Gasteiger charge is -2.29. The Bertz CT molecular complexity index is 1470. The first-order valence-corrected chi connectivity index (χ1v) is 12.8. The largest absolute Gasteiger partial charge is 0.433 e. The number of aromatic nitrogens is 2. The van der Waals surface area contributed by atoms with E-state index in [-0.39, 0.29) is 17.2 Å². The number of rotatable bonds is 4. The summed E-state index contributed by atoms with van der Waals surface area (Å²) >= 11 is 0. The van der Waals surface area contributed by atoms with Crippen molar-refractivity contribution in [3.8, 4) is 23.0 Å². The summed E-state index contributed by atoms with van der Waals surface area (Å²) in [5, 5.41) is 2.39. The number of benzene rings is 1. The zero-order valence-corrected chi connectivity index (χ0v) is 21.6. The van der Waals surface area contributed by atoms with Crippen LogP contribution >= 0.6 is 0 Å². The van der Waals surface area contributed by atoms with Crippen molar-refractivity contribution in [1.82, 2.24) is 9.97 Å². The minimum atomic E-state index is -4.72. The lowest BCUT2D eigenvalue weighted by Crippen LogP contribution is -2.36. The fraction of sp³-hybridized carbons (Fsp3) is 0.345. The number of alkyl halides is 3. The molecule has 7 nitrogen and oxygen atoms in total. The van der Waals surface area contributed by atoms with Crippen molar-refractivity contribution in [2.75, 3.05) is 49.7 Å². The highest BCUT2D eigenvalue weighted by Gasteiger charge is 2.33. The summed E-state index contributed by atoms with van der Waals surface area (Å²) in [5.41, 5.74) is 1.62. The van der Waals surface area contributed by atoms with E-state index >= 15 is 0 Å². The Kier molecular flexibility index (Phi) is 8.00. The monoisotopic (exact) mass is 554 g/mol. The van der Waals surface area contributed by atoms with E-state index in [4.69, 9.17) is 9.47 Å². The van der Waals surface area contributed by atoms with E-state index in [1.807, 2.05) is 6.07 Å². The van der Waals surface area contributed by atoms with Crippen LogP contribution in [0.5, 0.6) is 0 Å². The second kappa shape index (κ2) is 11.6. The summed E-state index contributed by atoms with van der Waals surface area (Å²) in [4.78, 5) is 22.8. The zero-order chi connectivity index (χ0) is 28.3. The van der Waals surface area contributed by atoms with Gasteiger partial charge in [-0.3, -0.25) is 9.78 Å². The van der Waals surface area contributed by atoms with Gasteiger partial charge in [0.25, 0.3) is 5.91 Å². The maximum atomic E-state index is 14.9. The highest BCUT2D eigenvalue weighted by molar-refractivity contribution is 6.04. The first-order valence-electron chi connectivity index (χ1n) is 12.8. The van der Waals surface area contributed by atoms with E-state index in [2.05, 4.69) is 32.0 Å². The van der Waals surface area contributed by atoms with Crippen molar-refractivity contribution in [2.24, 2.45) is 5.92 Å². The van der Waals surface area contributed by atoms with Gasteiger partial charge in [-0.05, 0) is 60.7 Å². The van der Waals surface area contributed by atoms with Gasteiger partial charge in [-0.15, -0.1) is 0 Å². The summed E-state index contributed by atoms with van der Waals surface area (Å²) < 4.78 is 65.0. The van der Waals surface area contributed by atoms with E-state index in [1.165, 1.54) is 12.1 Å². The van der Waals surface area contributed by atoms with Crippen LogP contribution in [0, 0.1) is 30.5 Å². The molecule has 5 rings (SSSR count). The van der Waals surface area contributed by atoms with E-state index in [0.717, 1.165) is 24.4 Å². The van der Waals surface area contributed by atoms with Gasteiger partial charge in [0.15, 0.2) is 0 Å². The van der Waals surface area contributed by atoms with Crippen LogP contribution in [0.2, 0.25) is 0 Å². The number of nitrogens with zero attached hydrogens (tertiary/aromatic N) is 3. The second-order valence-electron chi connectivity index (χ2n) is 9.55. The minimum absolute atomic E-state index is 0.150. The molecule has 4 heterocycles. The van der Waals surface area contributed by atoms with Crippen LogP contribution < -0.4 is 10.2 Å². The van der Waals surface area contributed by atoms with Gasteiger partial charge in [0.1, 0.15) is 17.2 Å². The van der Waals surface area contributed by atoms with Gasteiger partial charge in [0.05, 0.1) is 31.2 Å². The Morgan fingerprint density at radius 2 is 1.90 bits per heavy atom. The molecule has 2 aliphatic rings. The topological polar surface area (TPSA) is 76.6 Å². The Morgan fingerprint density at radius 3 is 2.62 bits per heavy atom. The predicted octanol–water partition coefficient (Wildman–Crippen LogP) is 5.09. The molecule has 208 valence electrons. The number of halogens is 4. The van der Waals surface area contributed by atoms with Gasteiger partial charge >= 0.3 is 6.18 Å². The number of nitrogens with one attached hydrogen (secondary N) is 1. The third-order valence-corrected chi connectivity index (χ3v) is 6.73. The summed E-state index contributed by atoms with van der Waals surface area (Å²) in [6.45, 7) is 5.44. The molecule has 1 amide bonds. The number of carbonyl (C=O) groups excluding carboxylic acids is 1. The lowest BCUT2D eigenvalue weighted by molar-refractivity contribution is -0.141. The van der Waals surface area contributed by atoms with Gasteiger partial charge in [-0.2, -0.15) is 13.2 Å². The van der Waals surface area contributed by atoms with Crippen molar-refractivity contribution in [2.45, 2.75) is 19.5 Å². The van der Waals surface area contributed by atoms with Gasteiger partial charge in [0, 0.05) is 49.1 Å². The van der Waals surface area contributed by atoms with E-state index in [0.29, 0.717) is 68.0 Å². The van der Waals surface area contributed by atoms with Gasteiger partial charge in [-0.1, -0.05) is 5.92 Å². The van der Waals surface area contributed by atoms with E-state index in [9.17, 15) is 22.4 Å². The molecule has 2 aromatic heterocycles. The number of amides is 1. The Balaban J connectivity index is 1.47. The van der Waals surface area contributed by atoms with Crippen molar-refractivity contribution in [3.05, 3.63) is 71.1 Å². The van der Waals surface area contributed by atoms with Crippen LogP contribution in [0.25, 0.3) is 11.1 Å². The maximum absolute atomic E-state index is 14.9.